The molecule has 1 aromatic carbocycles. The van der Waals surface area contributed by atoms with Gasteiger partial charge in [-0.15, -0.1) is 0 Å². The van der Waals surface area contributed by atoms with Crippen LogP contribution in [0.4, 0.5) is 0 Å². The predicted molar refractivity (Wildman–Crippen MR) is 80.2 cm³/mol. The molecule has 1 aromatic heterocycles. The van der Waals surface area contributed by atoms with Crippen molar-refractivity contribution in [2.45, 2.75) is 38.9 Å². The fraction of sp³-hybridized carbons (Fsp3) is 0.400. The van der Waals surface area contributed by atoms with Crippen molar-refractivity contribution < 1.29 is 0 Å². The number of rotatable bonds is 2. The molecule has 0 unspecified atom stereocenters. The Hall–Kier alpha value is -1.22. The van der Waals surface area contributed by atoms with Crippen LogP contribution in [0.3, 0.4) is 0 Å². The van der Waals surface area contributed by atoms with Gasteiger partial charge < -0.3 is 4.98 Å². The van der Waals surface area contributed by atoms with Gasteiger partial charge in [0.1, 0.15) is 5.82 Å². The molecule has 0 spiro atoms. The number of hydrogen-bond acceptors (Lipinski definition) is 2. The maximum absolute atomic E-state index is 4.29. The number of hydrogen-bond donors (Lipinski definition) is 2. The molecule has 3 heteroatoms. The van der Waals surface area contributed by atoms with Crippen LogP contribution < -0.4 is 0 Å². The maximum Gasteiger partial charge on any atom is 0.116 e. The van der Waals surface area contributed by atoms with Crippen molar-refractivity contribution in [3.8, 4) is 11.3 Å². The first-order valence-electron chi connectivity index (χ1n) is 6.18. The highest BCUT2D eigenvalue weighted by atomic mass is 32.1. The number of H-pyrrole nitrogens is 1. The van der Waals surface area contributed by atoms with Gasteiger partial charge in [0.25, 0.3) is 0 Å². The van der Waals surface area contributed by atoms with Crippen molar-refractivity contribution in [2.24, 2.45) is 0 Å². The molecule has 2 nitrogen and oxygen atoms in total. The van der Waals surface area contributed by atoms with Gasteiger partial charge in [-0.3, -0.25) is 0 Å². The molecule has 0 aliphatic rings. The minimum absolute atomic E-state index is 0.188. The Morgan fingerprint density at radius 1 is 1.28 bits per heavy atom. The minimum atomic E-state index is 0.188. The monoisotopic (exact) mass is 260 g/mol. The summed E-state index contributed by atoms with van der Waals surface area (Å²) in [7, 11) is 0. The average molecular weight is 260 g/mol. The number of thiol groups is 1. The van der Waals surface area contributed by atoms with Crippen molar-refractivity contribution >= 4 is 12.6 Å². The first-order chi connectivity index (χ1) is 8.41. The van der Waals surface area contributed by atoms with Gasteiger partial charge in [-0.1, -0.05) is 39.0 Å². The number of benzene rings is 1. The average Bonchev–Trinajstić information content (AvgIpc) is 2.76. The van der Waals surface area contributed by atoms with E-state index >= 15 is 0 Å². The lowest BCUT2D eigenvalue weighted by molar-refractivity contribution is 0.590. The van der Waals surface area contributed by atoms with Crippen LogP contribution in [-0.4, -0.2) is 9.97 Å². The highest BCUT2D eigenvalue weighted by molar-refractivity contribution is 7.79. The molecule has 96 valence electrons. The summed E-state index contributed by atoms with van der Waals surface area (Å²) in [6.45, 7) is 8.84. The molecule has 0 fully saturated rings. The Morgan fingerprint density at radius 3 is 2.50 bits per heavy atom. The zero-order valence-corrected chi connectivity index (χ0v) is 12.3. The molecule has 2 rings (SSSR count). The Labute approximate surface area is 114 Å². The van der Waals surface area contributed by atoms with Gasteiger partial charge in [0.05, 0.1) is 11.9 Å². The lowest BCUT2D eigenvalue weighted by Gasteiger charge is -2.20. The molecule has 18 heavy (non-hydrogen) atoms. The summed E-state index contributed by atoms with van der Waals surface area (Å²) in [6, 6.07) is 6.63. The van der Waals surface area contributed by atoms with E-state index in [1.807, 2.05) is 6.20 Å². The first-order valence-corrected chi connectivity index (χ1v) is 6.81. The van der Waals surface area contributed by atoms with Crippen LogP contribution >= 0.6 is 12.6 Å². The normalized spacial score (nSPS) is 11.8. The lowest BCUT2D eigenvalue weighted by Crippen LogP contribution is -2.11. The topological polar surface area (TPSA) is 28.7 Å². The van der Waals surface area contributed by atoms with E-state index in [0.717, 1.165) is 11.5 Å². The molecular weight excluding hydrogens is 240 g/mol. The second kappa shape index (κ2) is 4.81. The summed E-state index contributed by atoms with van der Waals surface area (Å²) in [5, 5.41) is 0. The molecule has 0 amide bonds. The Bertz CT molecular complexity index is 550. The third kappa shape index (κ3) is 2.61. The van der Waals surface area contributed by atoms with Crippen LogP contribution in [0.1, 0.15) is 37.7 Å². The fourth-order valence-corrected chi connectivity index (χ4v) is 2.17. The quantitative estimate of drug-likeness (QED) is 0.782. The molecule has 0 aliphatic carbocycles. The molecule has 1 N–H and O–H groups in total. The summed E-state index contributed by atoms with van der Waals surface area (Å²) in [5.74, 6) is 1.55. The molecule has 2 aromatic rings. The molecule has 0 bridgehead atoms. The van der Waals surface area contributed by atoms with E-state index in [4.69, 9.17) is 0 Å². The minimum Gasteiger partial charge on any atom is -0.341 e. The second-order valence-corrected chi connectivity index (χ2v) is 6.00. The molecule has 0 saturated heterocycles. The van der Waals surface area contributed by atoms with Crippen molar-refractivity contribution in [2.75, 3.05) is 0 Å². The van der Waals surface area contributed by atoms with Crippen molar-refractivity contribution in [1.82, 2.24) is 9.97 Å². The standard InChI is InChI=1S/C15H20N2S/c1-10-7-11(15(2,3)4)5-6-12(10)13-8-16-14(9-18)17-13/h5-8,18H,9H2,1-4H3,(H,16,17). The number of aromatic amines is 1. The van der Waals surface area contributed by atoms with E-state index < -0.39 is 0 Å². The smallest absolute Gasteiger partial charge is 0.116 e. The third-order valence-electron chi connectivity index (χ3n) is 3.16. The van der Waals surface area contributed by atoms with Crippen LogP contribution in [0.25, 0.3) is 11.3 Å². The lowest BCUT2D eigenvalue weighted by atomic mass is 9.85. The summed E-state index contributed by atoms with van der Waals surface area (Å²) in [6.07, 6.45) is 1.88. The molecule has 0 radical (unpaired) electrons. The van der Waals surface area contributed by atoms with Crippen molar-refractivity contribution in [3.05, 3.63) is 41.3 Å². The maximum atomic E-state index is 4.29. The Balaban J connectivity index is 2.41. The first kappa shape index (κ1) is 13.2. The highest BCUT2D eigenvalue weighted by Crippen LogP contribution is 2.28. The van der Waals surface area contributed by atoms with E-state index in [1.54, 1.807) is 0 Å². The summed E-state index contributed by atoms with van der Waals surface area (Å²) < 4.78 is 0. The molecule has 0 atom stereocenters. The van der Waals surface area contributed by atoms with Gasteiger partial charge in [-0.25, -0.2) is 4.98 Å². The van der Waals surface area contributed by atoms with Gasteiger partial charge in [0.15, 0.2) is 0 Å². The van der Waals surface area contributed by atoms with Crippen LogP contribution in [0.5, 0.6) is 0 Å². The van der Waals surface area contributed by atoms with E-state index in [-0.39, 0.29) is 5.41 Å². The van der Waals surface area contributed by atoms with Gasteiger partial charge in [0, 0.05) is 11.3 Å². The van der Waals surface area contributed by atoms with Gasteiger partial charge in [-0.2, -0.15) is 12.6 Å². The molecular formula is C15H20N2S. The summed E-state index contributed by atoms with van der Waals surface area (Å²) in [4.78, 5) is 7.58. The van der Waals surface area contributed by atoms with Crippen molar-refractivity contribution in [1.29, 1.82) is 0 Å². The van der Waals surface area contributed by atoms with Crippen LogP contribution in [0.2, 0.25) is 0 Å². The summed E-state index contributed by atoms with van der Waals surface area (Å²) in [5.41, 5.74) is 5.10. The van der Waals surface area contributed by atoms with Gasteiger partial charge >= 0.3 is 0 Å². The van der Waals surface area contributed by atoms with Crippen LogP contribution in [0.15, 0.2) is 24.4 Å². The van der Waals surface area contributed by atoms with Crippen LogP contribution in [-0.2, 0) is 11.2 Å². The number of aromatic nitrogens is 2. The zero-order valence-electron chi connectivity index (χ0n) is 11.4. The highest BCUT2D eigenvalue weighted by Gasteiger charge is 2.15. The number of imidazole rings is 1. The predicted octanol–water partition coefficient (Wildman–Crippen LogP) is 4.11. The molecule has 0 saturated carbocycles. The van der Waals surface area contributed by atoms with Gasteiger partial charge in [0.2, 0.25) is 0 Å². The zero-order chi connectivity index (χ0) is 13.3. The van der Waals surface area contributed by atoms with E-state index in [0.29, 0.717) is 5.75 Å². The number of aryl methyl sites for hydroxylation is 1. The largest absolute Gasteiger partial charge is 0.341 e. The van der Waals surface area contributed by atoms with Gasteiger partial charge in [-0.05, 0) is 23.5 Å². The van der Waals surface area contributed by atoms with E-state index in [9.17, 15) is 0 Å². The van der Waals surface area contributed by atoms with E-state index in [2.05, 4.69) is 68.5 Å². The SMILES string of the molecule is Cc1cc(C(C)(C)C)ccc1-c1cnc(CS)[nH]1. The number of nitrogens with zero attached hydrogens (tertiary/aromatic N) is 1. The Kier molecular flexibility index (Phi) is 3.53. The van der Waals surface area contributed by atoms with Crippen LogP contribution in [0, 0.1) is 6.92 Å². The molecule has 0 aliphatic heterocycles. The molecule has 1 heterocycles. The number of nitrogens with one attached hydrogen (secondary N) is 1. The third-order valence-corrected chi connectivity index (χ3v) is 3.46. The van der Waals surface area contributed by atoms with E-state index in [1.165, 1.54) is 16.7 Å². The fourth-order valence-electron chi connectivity index (χ4n) is 2.01. The summed E-state index contributed by atoms with van der Waals surface area (Å²) >= 11 is 4.22. The Morgan fingerprint density at radius 2 is 2.00 bits per heavy atom. The second-order valence-electron chi connectivity index (χ2n) is 5.68. The van der Waals surface area contributed by atoms with Crippen molar-refractivity contribution in [3.63, 3.8) is 0 Å².